The van der Waals surface area contributed by atoms with Crippen LogP contribution in [0.25, 0.3) is 0 Å². The first-order chi connectivity index (χ1) is 8.12. The second-order valence-corrected chi connectivity index (χ2v) is 7.64. The Hall–Kier alpha value is -0.130. The zero-order valence-corrected chi connectivity index (χ0v) is 11.2. The molecule has 100 valence electrons. The smallest absolute Gasteiger partial charge is 0.152 e. The SMILES string of the molecule is O=S1(=O)CCN(C(CO)C2CCCCC2)CC1. The van der Waals surface area contributed by atoms with Crippen molar-refractivity contribution in [3.05, 3.63) is 0 Å². The van der Waals surface area contributed by atoms with Gasteiger partial charge in [0.15, 0.2) is 9.84 Å². The third kappa shape index (κ3) is 3.42. The van der Waals surface area contributed by atoms with Gasteiger partial charge in [-0.2, -0.15) is 0 Å². The first-order valence-corrected chi connectivity index (χ1v) is 8.50. The molecule has 0 aromatic carbocycles. The van der Waals surface area contributed by atoms with Crippen LogP contribution < -0.4 is 0 Å². The molecule has 1 heterocycles. The maximum absolute atomic E-state index is 11.4. The largest absolute Gasteiger partial charge is 0.395 e. The zero-order valence-electron chi connectivity index (χ0n) is 10.3. The third-order valence-electron chi connectivity index (χ3n) is 4.23. The molecule has 1 saturated heterocycles. The fraction of sp³-hybridized carbons (Fsp3) is 1.00. The Morgan fingerprint density at radius 2 is 1.71 bits per heavy atom. The summed E-state index contributed by atoms with van der Waals surface area (Å²) in [7, 11) is -2.81. The second-order valence-electron chi connectivity index (χ2n) is 5.34. The summed E-state index contributed by atoms with van der Waals surface area (Å²) in [5.74, 6) is 1.08. The molecule has 2 fully saturated rings. The van der Waals surface area contributed by atoms with Gasteiger partial charge in [-0.15, -0.1) is 0 Å². The van der Waals surface area contributed by atoms with Gasteiger partial charge in [-0.25, -0.2) is 8.42 Å². The van der Waals surface area contributed by atoms with Gasteiger partial charge in [-0.05, 0) is 18.8 Å². The van der Waals surface area contributed by atoms with Gasteiger partial charge in [0.2, 0.25) is 0 Å². The summed E-state index contributed by atoms with van der Waals surface area (Å²) in [6.07, 6.45) is 6.20. The molecule has 1 aliphatic heterocycles. The lowest BCUT2D eigenvalue weighted by Gasteiger charge is -2.39. The van der Waals surface area contributed by atoms with E-state index in [-0.39, 0.29) is 24.2 Å². The van der Waals surface area contributed by atoms with Gasteiger partial charge < -0.3 is 5.11 Å². The highest BCUT2D eigenvalue weighted by atomic mass is 32.2. The maximum Gasteiger partial charge on any atom is 0.152 e. The van der Waals surface area contributed by atoms with Crippen LogP contribution in [0.5, 0.6) is 0 Å². The van der Waals surface area contributed by atoms with Crippen molar-refractivity contribution < 1.29 is 13.5 Å². The molecule has 1 unspecified atom stereocenters. The predicted molar refractivity (Wildman–Crippen MR) is 67.7 cm³/mol. The van der Waals surface area contributed by atoms with E-state index in [4.69, 9.17) is 0 Å². The van der Waals surface area contributed by atoms with E-state index in [2.05, 4.69) is 4.90 Å². The van der Waals surface area contributed by atoms with Crippen molar-refractivity contribution in [2.75, 3.05) is 31.2 Å². The molecule has 1 aliphatic carbocycles. The summed E-state index contributed by atoms with van der Waals surface area (Å²) < 4.78 is 22.8. The van der Waals surface area contributed by atoms with E-state index in [1.165, 1.54) is 32.1 Å². The Morgan fingerprint density at radius 1 is 1.12 bits per heavy atom. The quantitative estimate of drug-likeness (QED) is 0.811. The van der Waals surface area contributed by atoms with Gasteiger partial charge in [-0.1, -0.05) is 19.3 Å². The lowest BCUT2D eigenvalue weighted by molar-refractivity contribution is 0.0705. The molecule has 0 amide bonds. The molecule has 1 N–H and O–H groups in total. The van der Waals surface area contributed by atoms with E-state index in [0.717, 1.165) is 0 Å². The van der Waals surface area contributed by atoms with Crippen LogP contribution in [-0.4, -0.2) is 55.7 Å². The van der Waals surface area contributed by atoms with Crippen molar-refractivity contribution >= 4 is 9.84 Å². The summed E-state index contributed by atoms with van der Waals surface area (Å²) in [5.41, 5.74) is 0. The number of hydrogen-bond donors (Lipinski definition) is 1. The van der Waals surface area contributed by atoms with Crippen molar-refractivity contribution in [3.8, 4) is 0 Å². The van der Waals surface area contributed by atoms with Gasteiger partial charge in [-0.3, -0.25) is 4.90 Å². The summed E-state index contributed by atoms with van der Waals surface area (Å²) >= 11 is 0. The van der Waals surface area contributed by atoms with E-state index in [1.54, 1.807) is 0 Å². The number of sulfone groups is 1. The van der Waals surface area contributed by atoms with Crippen molar-refractivity contribution in [3.63, 3.8) is 0 Å². The highest BCUT2D eigenvalue weighted by Crippen LogP contribution is 2.29. The van der Waals surface area contributed by atoms with Crippen molar-refractivity contribution in [2.24, 2.45) is 5.92 Å². The van der Waals surface area contributed by atoms with E-state index >= 15 is 0 Å². The van der Waals surface area contributed by atoms with Gasteiger partial charge in [0.25, 0.3) is 0 Å². The number of aliphatic hydroxyl groups is 1. The fourth-order valence-corrected chi connectivity index (χ4v) is 4.37. The average molecular weight is 261 g/mol. The minimum Gasteiger partial charge on any atom is -0.395 e. The standard InChI is InChI=1S/C12H23NO3S/c14-10-12(11-4-2-1-3-5-11)13-6-8-17(15,16)9-7-13/h11-12,14H,1-10H2. The fourth-order valence-electron chi connectivity index (χ4n) is 3.14. The topological polar surface area (TPSA) is 57.6 Å². The Morgan fingerprint density at radius 3 is 2.24 bits per heavy atom. The van der Waals surface area contributed by atoms with E-state index in [0.29, 0.717) is 19.0 Å². The zero-order chi connectivity index (χ0) is 12.3. The van der Waals surface area contributed by atoms with Gasteiger partial charge in [0.05, 0.1) is 18.1 Å². The lowest BCUT2D eigenvalue weighted by atomic mass is 9.83. The lowest BCUT2D eigenvalue weighted by Crippen LogP contribution is -2.50. The molecule has 2 rings (SSSR count). The first kappa shape index (κ1) is 13.3. The van der Waals surface area contributed by atoms with Crippen molar-refractivity contribution in [1.29, 1.82) is 0 Å². The van der Waals surface area contributed by atoms with Gasteiger partial charge >= 0.3 is 0 Å². The Balaban J connectivity index is 1.94. The molecular weight excluding hydrogens is 238 g/mol. The predicted octanol–water partition coefficient (Wildman–Crippen LogP) is 0.658. The van der Waals surface area contributed by atoms with E-state index in [1.807, 2.05) is 0 Å². The van der Waals surface area contributed by atoms with Crippen LogP contribution in [0.1, 0.15) is 32.1 Å². The first-order valence-electron chi connectivity index (χ1n) is 6.68. The molecule has 0 aromatic heterocycles. The summed E-state index contributed by atoms with van der Waals surface area (Å²) in [6.45, 7) is 1.37. The van der Waals surface area contributed by atoms with E-state index in [9.17, 15) is 13.5 Å². The summed E-state index contributed by atoms with van der Waals surface area (Å²) in [4.78, 5) is 2.19. The highest BCUT2D eigenvalue weighted by Gasteiger charge is 2.32. The average Bonchev–Trinajstić information content (AvgIpc) is 2.33. The molecule has 1 saturated carbocycles. The molecule has 0 bridgehead atoms. The van der Waals surface area contributed by atoms with Crippen LogP contribution in [0.2, 0.25) is 0 Å². The molecule has 4 nitrogen and oxygen atoms in total. The molecule has 2 aliphatic rings. The molecule has 0 aromatic rings. The van der Waals surface area contributed by atoms with Gasteiger partial charge in [0.1, 0.15) is 0 Å². The number of hydrogen-bond acceptors (Lipinski definition) is 4. The van der Waals surface area contributed by atoms with E-state index < -0.39 is 9.84 Å². The Labute approximate surface area is 104 Å². The second kappa shape index (κ2) is 5.67. The molecule has 0 radical (unpaired) electrons. The van der Waals surface area contributed by atoms with Crippen LogP contribution in [-0.2, 0) is 9.84 Å². The highest BCUT2D eigenvalue weighted by molar-refractivity contribution is 7.91. The minimum absolute atomic E-state index is 0.171. The Kier molecular flexibility index (Phi) is 4.44. The third-order valence-corrected chi connectivity index (χ3v) is 5.84. The normalized spacial score (nSPS) is 29.0. The Bertz CT molecular complexity index is 322. The van der Waals surface area contributed by atoms with Gasteiger partial charge in [0, 0.05) is 19.1 Å². The van der Waals surface area contributed by atoms with Crippen molar-refractivity contribution in [2.45, 2.75) is 38.1 Å². The molecule has 0 spiro atoms. The minimum atomic E-state index is -2.81. The number of rotatable bonds is 3. The monoisotopic (exact) mass is 261 g/mol. The van der Waals surface area contributed by atoms with Crippen molar-refractivity contribution in [1.82, 2.24) is 4.90 Å². The number of nitrogens with zero attached hydrogens (tertiary/aromatic N) is 1. The molecule has 1 atom stereocenters. The molecule has 5 heteroatoms. The van der Waals surface area contributed by atoms with Crippen LogP contribution in [0.15, 0.2) is 0 Å². The maximum atomic E-state index is 11.4. The van der Waals surface area contributed by atoms with Crippen LogP contribution in [0.4, 0.5) is 0 Å². The summed E-state index contributed by atoms with van der Waals surface area (Å²) in [5, 5.41) is 9.57. The summed E-state index contributed by atoms with van der Waals surface area (Å²) in [6, 6.07) is 0.186. The molecular formula is C12H23NO3S. The molecule has 17 heavy (non-hydrogen) atoms. The number of aliphatic hydroxyl groups excluding tert-OH is 1. The van der Waals surface area contributed by atoms with Crippen LogP contribution in [0.3, 0.4) is 0 Å². The van der Waals surface area contributed by atoms with Crippen LogP contribution >= 0.6 is 0 Å². The van der Waals surface area contributed by atoms with Crippen LogP contribution in [0, 0.1) is 5.92 Å².